The summed E-state index contributed by atoms with van der Waals surface area (Å²) in [7, 11) is 1.94. The molecule has 1 atom stereocenters. The Morgan fingerprint density at radius 2 is 1.89 bits per heavy atom. The number of nitrogens with zero attached hydrogens (tertiary/aromatic N) is 1. The Balaban J connectivity index is 3.28. The van der Waals surface area contributed by atoms with Gasteiger partial charge in [0, 0.05) is 13.1 Å². The molecule has 1 unspecified atom stereocenters. The number of primary amides is 1. The molecule has 0 saturated carbocycles. The lowest BCUT2D eigenvalue weighted by atomic mass is 9.86. The van der Waals surface area contributed by atoms with Gasteiger partial charge in [0.1, 0.15) is 0 Å². The number of nitrogens with two attached hydrogens (primary N) is 2. The molecule has 4 heteroatoms. The van der Waals surface area contributed by atoms with Gasteiger partial charge in [0.25, 0.3) is 5.91 Å². The zero-order valence-corrected chi connectivity index (χ0v) is 11.8. The molecule has 1 rings (SSSR count). The van der Waals surface area contributed by atoms with Crippen LogP contribution in [0.25, 0.3) is 0 Å². The van der Waals surface area contributed by atoms with Crippen LogP contribution in [0.3, 0.4) is 0 Å². The van der Waals surface area contributed by atoms with Gasteiger partial charge in [-0.05, 0) is 24.5 Å². The number of amides is 1. The van der Waals surface area contributed by atoms with E-state index in [2.05, 4.69) is 27.7 Å². The molecule has 0 heterocycles. The molecule has 1 amide bonds. The van der Waals surface area contributed by atoms with E-state index in [4.69, 9.17) is 11.5 Å². The highest BCUT2D eigenvalue weighted by Crippen LogP contribution is 2.33. The summed E-state index contributed by atoms with van der Waals surface area (Å²) >= 11 is 0. The molecule has 0 aromatic heterocycles. The molecule has 0 radical (unpaired) electrons. The minimum absolute atomic E-state index is 0.0753. The van der Waals surface area contributed by atoms with E-state index in [9.17, 15) is 4.79 Å². The van der Waals surface area contributed by atoms with Crippen molar-refractivity contribution in [2.45, 2.75) is 33.7 Å². The van der Waals surface area contributed by atoms with E-state index in [0.717, 1.165) is 0 Å². The predicted octanol–water partition coefficient (Wildman–Crippen LogP) is 2.24. The van der Waals surface area contributed by atoms with Gasteiger partial charge in [-0.25, -0.2) is 0 Å². The molecule has 0 bridgehead atoms. The van der Waals surface area contributed by atoms with Gasteiger partial charge >= 0.3 is 0 Å². The zero-order valence-electron chi connectivity index (χ0n) is 11.8. The van der Waals surface area contributed by atoms with E-state index in [1.54, 1.807) is 18.2 Å². The fourth-order valence-electron chi connectivity index (χ4n) is 1.93. The first-order chi connectivity index (χ1) is 8.16. The van der Waals surface area contributed by atoms with Gasteiger partial charge in [-0.3, -0.25) is 4.79 Å². The summed E-state index contributed by atoms with van der Waals surface area (Å²) < 4.78 is 0. The lowest BCUT2D eigenvalue weighted by molar-refractivity contribution is 0.100. The van der Waals surface area contributed by atoms with Crippen LogP contribution >= 0.6 is 0 Å². The van der Waals surface area contributed by atoms with Crippen LogP contribution in [-0.2, 0) is 0 Å². The summed E-state index contributed by atoms with van der Waals surface area (Å²) in [4.78, 5) is 13.5. The van der Waals surface area contributed by atoms with Gasteiger partial charge in [0.15, 0.2) is 0 Å². The summed E-state index contributed by atoms with van der Waals surface area (Å²) in [5, 5.41) is 0. The fourth-order valence-corrected chi connectivity index (χ4v) is 1.93. The molecule has 1 aromatic rings. The van der Waals surface area contributed by atoms with Crippen molar-refractivity contribution in [1.29, 1.82) is 0 Å². The normalized spacial score (nSPS) is 13.2. The van der Waals surface area contributed by atoms with Crippen LogP contribution in [0.5, 0.6) is 0 Å². The number of carbonyl (C=O) groups excluding carboxylic acids is 1. The van der Waals surface area contributed by atoms with Crippen LogP contribution in [0, 0.1) is 5.41 Å². The Bertz CT molecular complexity index is 449. The SMILES string of the molecule is CC(N(C)c1c(N)cccc1C(N)=O)C(C)(C)C. The third-order valence-corrected chi connectivity index (χ3v) is 3.52. The lowest BCUT2D eigenvalue weighted by Gasteiger charge is -2.38. The van der Waals surface area contributed by atoms with Gasteiger partial charge in [-0.2, -0.15) is 0 Å². The maximum Gasteiger partial charge on any atom is 0.250 e. The third kappa shape index (κ3) is 2.75. The third-order valence-electron chi connectivity index (χ3n) is 3.52. The minimum Gasteiger partial charge on any atom is -0.397 e. The molecule has 18 heavy (non-hydrogen) atoms. The largest absolute Gasteiger partial charge is 0.397 e. The molecule has 100 valence electrons. The van der Waals surface area contributed by atoms with Crippen molar-refractivity contribution in [2.75, 3.05) is 17.7 Å². The quantitative estimate of drug-likeness (QED) is 0.807. The number of hydrogen-bond acceptors (Lipinski definition) is 3. The van der Waals surface area contributed by atoms with Crippen molar-refractivity contribution in [3.63, 3.8) is 0 Å². The summed E-state index contributed by atoms with van der Waals surface area (Å²) in [5.74, 6) is -0.453. The van der Waals surface area contributed by atoms with E-state index >= 15 is 0 Å². The Kier molecular flexibility index (Phi) is 3.89. The zero-order chi connectivity index (χ0) is 14.1. The summed E-state index contributed by atoms with van der Waals surface area (Å²) in [5.41, 5.74) is 13.2. The van der Waals surface area contributed by atoms with Gasteiger partial charge in [0.2, 0.25) is 0 Å². The molecular formula is C14H23N3O. The number of anilines is 2. The van der Waals surface area contributed by atoms with E-state index in [1.165, 1.54) is 0 Å². The number of carbonyl (C=O) groups is 1. The van der Waals surface area contributed by atoms with Crippen LogP contribution < -0.4 is 16.4 Å². The fraction of sp³-hybridized carbons (Fsp3) is 0.500. The monoisotopic (exact) mass is 249 g/mol. The Hall–Kier alpha value is -1.71. The summed E-state index contributed by atoms with van der Waals surface area (Å²) in [6, 6.07) is 5.46. The van der Waals surface area contributed by atoms with Gasteiger partial charge in [-0.15, -0.1) is 0 Å². The second-order valence-corrected chi connectivity index (χ2v) is 5.76. The average Bonchev–Trinajstić information content (AvgIpc) is 2.25. The summed E-state index contributed by atoms with van der Waals surface area (Å²) in [6.45, 7) is 8.56. The smallest absolute Gasteiger partial charge is 0.250 e. The van der Waals surface area contributed by atoms with Crippen LogP contribution in [0.2, 0.25) is 0 Å². The van der Waals surface area contributed by atoms with E-state index in [1.807, 2.05) is 11.9 Å². The Morgan fingerprint density at radius 1 is 1.33 bits per heavy atom. The molecule has 0 aliphatic carbocycles. The first-order valence-corrected chi connectivity index (χ1v) is 6.07. The van der Waals surface area contributed by atoms with Crippen molar-refractivity contribution in [1.82, 2.24) is 0 Å². The highest BCUT2D eigenvalue weighted by Gasteiger charge is 2.27. The van der Waals surface area contributed by atoms with E-state index in [-0.39, 0.29) is 11.5 Å². The standard InChI is InChI=1S/C14H23N3O/c1-9(14(2,3)4)17(5)12-10(13(16)18)7-6-8-11(12)15/h6-9H,15H2,1-5H3,(H2,16,18). The van der Waals surface area contributed by atoms with Crippen molar-refractivity contribution in [3.8, 4) is 0 Å². The summed E-state index contributed by atoms with van der Waals surface area (Å²) in [6.07, 6.45) is 0. The topological polar surface area (TPSA) is 72.3 Å². The lowest BCUT2D eigenvalue weighted by Crippen LogP contribution is -2.40. The molecular weight excluding hydrogens is 226 g/mol. The van der Waals surface area contributed by atoms with E-state index in [0.29, 0.717) is 16.9 Å². The number of rotatable bonds is 3. The second-order valence-electron chi connectivity index (χ2n) is 5.76. The van der Waals surface area contributed by atoms with Gasteiger partial charge in [-0.1, -0.05) is 26.8 Å². The van der Waals surface area contributed by atoms with Crippen molar-refractivity contribution in [3.05, 3.63) is 23.8 Å². The molecule has 4 N–H and O–H groups in total. The molecule has 1 aromatic carbocycles. The maximum absolute atomic E-state index is 11.5. The van der Waals surface area contributed by atoms with E-state index < -0.39 is 5.91 Å². The van der Waals surface area contributed by atoms with Crippen LogP contribution in [0.1, 0.15) is 38.1 Å². The number of nitrogen functional groups attached to an aromatic ring is 1. The first kappa shape index (κ1) is 14.4. The van der Waals surface area contributed by atoms with Crippen LogP contribution in [0.4, 0.5) is 11.4 Å². The minimum atomic E-state index is -0.453. The van der Waals surface area contributed by atoms with Crippen molar-refractivity contribution in [2.24, 2.45) is 11.1 Å². The molecule has 0 aliphatic heterocycles. The molecule has 4 nitrogen and oxygen atoms in total. The Morgan fingerprint density at radius 3 is 2.33 bits per heavy atom. The van der Waals surface area contributed by atoms with Gasteiger partial charge < -0.3 is 16.4 Å². The molecule has 0 spiro atoms. The van der Waals surface area contributed by atoms with Crippen LogP contribution in [-0.4, -0.2) is 19.0 Å². The Labute approximate surface area is 109 Å². The predicted molar refractivity (Wildman–Crippen MR) is 76.7 cm³/mol. The molecule has 0 fully saturated rings. The molecule has 0 saturated heterocycles. The first-order valence-electron chi connectivity index (χ1n) is 6.07. The van der Waals surface area contributed by atoms with Crippen molar-refractivity contribution < 1.29 is 4.79 Å². The van der Waals surface area contributed by atoms with Crippen molar-refractivity contribution >= 4 is 17.3 Å². The van der Waals surface area contributed by atoms with Crippen LogP contribution in [0.15, 0.2) is 18.2 Å². The second kappa shape index (κ2) is 4.88. The number of hydrogen-bond donors (Lipinski definition) is 2. The maximum atomic E-state index is 11.5. The molecule has 0 aliphatic rings. The highest BCUT2D eigenvalue weighted by atomic mass is 16.1. The highest BCUT2D eigenvalue weighted by molar-refractivity contribution is 6.01. The average molecular weight is 249 g/mol. The number of benzene rings is 1. The number of para-hydroxylation sites is 1. The van der Waals surface area contributed by atoms with Gasteiger partial charge in [0.05, 0.1) is 16.9 Å².